The average Bonchev–Trinajstić information content (AvgIpc) is 2.90. The van der Waals surface area contributed by atoms with E-state index in [9.17, 15) is 9.59 Å². The highest BCUT2D eigenvalue weighted by Gasteiger charge is 2.09. The second-order valence-corrected chi connectivity index (χ2v) is 4.55. The molecule has 3 aromatic rings. The van der Waals surface area contributed by atoms with Gasteiger partial charge in [-0.2, -0.15) is 9.78 Å². The Morgan fingerprint density at radius 2 is 2.05 bits per heavy atom. The standard InChI is InChI=1S/C14H12N4O3/c19-12-7-5-9(6-8-13(20)21)17-18(12)14-15-10-3-1-2-4-11(10)16-14/h1-5,7H,6,8H2,(H,15,16)(H,20,21). The van der Waals surface area contributed by atoms with E-state index < -0.39 is 5.97 Å². The summed E-state index contributed by atoms with van der Waals surface area (Å²) in [5.41, 5.74) is 1.74. The maximum Gasteiger partial charge on any atom is 0.303 e. The summed E-state index contributed by atoms with van der Waals surface area (Å²) >= 11 is 0. The van der Waals surface area contributed by atoms with Crippen LogP contribution in [-0.4, -0.2) is 30.8 Å². The molecule has 2 aromatic heterocycles. The summed E-state index contributed by atoms with van der Waals surface area (Å²) in [5, 5.41) is 12.9. The third-order valence-electron chi connectivity index (χ3n) is 3.03. The number of H-pyrrole nitrogens is 1. The Morgan fingerprint density at radius 1 is 1.24 bits per heavy atom. The van der Waals surface area contributed by atoms with Crippen LogP contribution in [0.4, 0.5) is 0 Å². The van der Waals surface area contributed by atoms with Gasteiger partial charge in [0, 0.05) is 12.5 Å². The molecule has 7 heteroatoms. The lowest BCUT2D eigenvalue weighted by Gasteiger charge is -2.02. The Kier molecular flexibility index (Phi) is 3.23. The normalized spacial score (nSPS) is 10.9. The lowest BCUT2D eigenvalue weighted by molar-refractivity contribution is -0.136. The highest BCUT2D eigenvalue weighted by atomic mass is 16.4. The molecule has 0 saturated carbocycles. The molecule has 0 aliphatic heterocycles. The second-order valence-electron chi connectivity index (χ2n) is 4.55. The van der Waals surface area contributed by atoms with Gasteiger partial charge in [0.1, 0.15) is 0 Å². The molecule has 0 radical (unpaired) electrons. The van der Waals surface area contributed by atoms with Crippen LogP contribution in [0.25, 0.3) is 17.0 Å². The first-order chi connectivity index (χ1) is 10.1. The number of rotatable bonds is 4. The molecule has 106 valence electrons. The molecule has 0 fully saturated rings. The van der Waals surface area contributed by atoms with E-state index in [4.69, 9.17) is 5.11 Å². The number of nitrogens with zero attached hydrogens (tertiary/aromatic N) is 3. The van der Waals surface area contributed by atoms with Crippen LogP contribution in [0.5, 0.6) is 0 Å². The minimum atomic E-state index is -0.904. The topological polar surface area (TPSA) is 101 Å². The third-order valence-corrected chi connectivity index (χ3v) is 3.03. The first kappa shape index (κ1) is 13.0. The van der Waals surface area contributed by atoms with Crippen molar-refractivity contribution in [3.8, 4) is 5.95 Å². The van der Waals surface area contributed by atoms with Crippen molar-refractivity contribution < 1.29 is 9.90 Å². The summed E-state index contributed by atoms with van der Waals surface area (Å²) in [6.45, 7) is 0. The number of carboxylic acids is 1. The van der Waals surface area contributed by atoms with Gasteiger partial charge in [-0.05, 0) is 18.2 Å². The van der Waals surface area contributed by atoms with Crippen molar-refractivity contribution in [2.24, 2.45) is 0 Å². The number of carbonyl (C=O) groups is 1. The third kappa shape index (κ3) is 2.66. The smallest absolute Gasteiger partial charge is 0.303 e. The van der Waals surface area contributed by atoms with Gasteiger partial charge in [0.25, 0.3) is 5.56 Å². The number of aromatic amines is 1. The molecule has 2 N–H and O–H groups in total. The first-order valence-corrected chi connectivity index (χ1v) is 6.40. The zero-order valence-electron chi connectivity index (χ0n) is 11.0. The van der Waals surface area contributed by atoms with E-state index in [1.165, 1.54) is 12.1 Å². The highest BCUT2D eigenvalue weighted by molar-refractivity contribution is 5.75. The molecule has 0 spiro atoms. The van der Waals surface area contributed by atoms with Crippen LogP contribution in [-0.2, 0) is 11.2 Å². The number of para-hydroxylation sites is 2. The number of hydrogen-bond donors (Lipinski definition) is 2. The fourth-order valence-electron chi connectivity index (χ4n) is 2.01. The van der Waals surface area contributed by atoms with Crippen molar-refractivity contribution in [3.63, 3.8) is 0 Å². The lowest BCUT2D eigenvalue weighted by atomic mass is 10.2. The number of hydrogen-bond acceptors (Lipinski definition) is 4. The zero-order valence-corrected chi connectivity index (χ0v) is 11.0. The summed E-state index contributed by atoms with van der Waals surface area (Å²) in [7, 11) is 0. The largest absolute Gasteiger partial charge is 0.481 e. The summed E-state index contributed by atoms with van der Waals surface area (Å²) < 4.78 is 1.15. The first-order valence-electron chi connectivity index (χ1n) is 6.40. The second kappa shape index (κ2) is 5.20. The number of aliphatic carboxylic acids is 1. The van der Waals surface area contributed by atoms with Gasteiger partial charge in [0.15, 0.2) is 0 Å². The van der Waals surface area contributed by atoms with Crippen LogP contribution < -0.4 is 5.56 Å². The number of carboxylic acid groups (broad SMARTS) is 1. The Bertz CT molecular complexity index is 833. The number of aryl methyl sites for hydroxylation is 1. The number of imidazole rings is 1. The molecular weight excluding hydrogens is 272 g/mol. The van der Waals surface area contributed by atoms with Gasteiger partial charge in [-0.3, -0.25) is 9.59 Å². The molecule has 0 unspecified atom stereocenters. The monoisotopic (exact) mass is 284 g/mol. The van der Waals surface area contributed by atoms with Gasteiger partial charge in [-0.15, -0.1) is 0 Å². The van der Waals surface area contributed by atoms with Gasteiger partial charge in [-0.25, -0.2) is 4.98 Å². The number of fused-ring (bicyclic) bond motifs is 1. The van der Waals surface area contributed by atoms with Crippen molar-refractivity contribution in [3.05, 3.63) is 52.4 Å². The number of aromatic nitrogens is 4. The Labute approximate surface area is 118 Å². The molecule has 21 heavy (non-hydrogen) atoms. The molecule has 0 saturated heterocycles. The Balaban J connectivity index is 2.02. The summed E-state index contributed by atoms with van der Waals surface area (Å²) in [4.78, 5) is 29.8. The average molecular weight is 284 g/mol. The van der Waals surface area contributed by atoms with Gasteiger partial charge < -0.3 is 10.1 Å². The van der Waals surface area contributed by atoms with Gasteiger partial charge >= 0.3 is 5.97 Å². The van der Waals surface area contributed by atoms with E-state index in [-0.39, 0.29) is 18.4 Å². The Morgan fingerprint density at radius 3 is 2.81 bits per heavy atom. The molecule has 0 bridgehead atoms. The van der Waals surface area contributed by atoms with Crippen LogP contribution >= 0.6 is 0 Å². The SMILES string of the molecule is O=C(O)CCc1ccc(=O)n(-c2nc3ccccc3[nH]2)n1. The van der Waals surface area contributed by atoms with Gasteiger partial charge in [0.2, 0.25) is 5.95 Å². The van der Waals surface area contributed by atoms with Crippen molar-refractivity contribution in [1.82, 2.24) is 19.7 Å². The predicted molar refractivity (Wildman–Crippen MR) is 75.4 cm³/mol. The Hall–Kier alpha value is -2.96. The molecule has 7 nitrogen and oxygen atoms in total. The molecule has 2 heterocycles. The quantitative estimate of drug-likeness (QED) is 0.747. The molecule has 0 amide bonds. The minimum absolute atomic E-state index is 0.0364. The summed E-state index contributed by atoms with van der Waals surface area (Å²) in [5.74, 6) is -0.586. The molecule has 1 aromatic carbocycles. The molecule has 3 rings (SSSR count). The van der Waals surface area contributed by atoms with E-state index in [0.29, 0.717) is 11.6 Å². The fourth-order valence-corrected chi connectivity index (χ4v) is 2.01. The van der Waals surface area contributed by atoms with Crippen molar-refractivity contribution in [1.29, 1.82) is 0 Å². The van der Waals surface area contributed by atoms with Crippen LogP contribution in [0, 0.1) is 0 Å². The van der Waals surface area contributed by atoms with E-state index in [1.54, 1.807) is 0 Å². The molecule has 0 aliphatic rings. The lowest BCUT2D eigenvalue weighted by Crippen LogP contribution is -2.22. The molecular formula is C14H12N4O3. The van der Waals surface area contributed by atoms with Crippen molar-refractivity contribution in [2.75, 3.05) is 0 Å². The van der Waals surface area contributed by atoms with Crippen LogP contribution in [0.15, 0.2) is 41.2 Å². The van der Waals surface area contributed by atoms with E-state index >= 15 is 0 Å². The zero-order chi connectivity index (χ0) is 14.8. The molecule has 0 atom stereocenters. The molecule has 0 aliphatic carbocycles. The van der Waals surface area contributed by atoms with Crippen LogP contribution in [0.1, 0.15) is 12.1 Å². The minimum Gasteiger partial charge on any atom is -0.481 e. The van der Waals surface area contributed by atoms with Crippen LogP contribution in [0.2, 0.25) is 0 Å². The van der Waals surface area contributed by atoms with Gasteiger partial charge in [-0.1, -0.05) is 12.1 Å². The maximum absolute atomic E-state index is 11.9. The predicted octanol–water partition coefficient (Wildman–Crippen LogP) is 1.13. The number of benzene rings is 1. The summed E-state index contributed by atoms with van der Waals surface area (Å²) in [6.07, 6.45) is 0.223. The van der Waals surface area contributed by atoms with Gasteiger partial charge in [0.05, 0.1) is 23.1 Å². The maximum atomic E-state index is 11.9. The van der Waals surface area contributed by atoms with E-state index in [0.717, 1.165) is 15.7 Å². The fraction of sp³-hybridized carbons (Fsp3) is 0.143. The van der Waals surface area contributed by atoms with E-state index in [1.807, 2.05) is 24.3 Å². The number of nitrogens with one attached hydrogen (secondary N) is 1. The van der Waals surface area contributed by atoms with Crippen LogP contribution in [0.3, 0.4) is 0 Å². The highest BCUT2D eigenvalue weighted by Crippen LogP contribution is 2.11. The van der Waals surface area contributed by atoms with Crippen molar-refractivity contribution >= 4 is 17.0 Å². The summed E-state index contributed by atoms with van der Waals surface area (Å²) in [6, 6.07) is 10.3. The van der Waals surface area contributed by atoms with E-state index in [2.05, 4.69) is 15.1 Å². The van der Waals surface area contributed by atoms with Crippen molar-refractivity contribution in [2.45, 2.75) is 12.8 Å².